The van der Waals surface area contributed by atoms with Crippen molar-refractivity contribution in [1.29, 1.82) is 0 Å². The summed E-state index contributed by atoms with van der Waals surface area (Å²) in [6.07, 6.45) is 0. The number of rotatable bonds is 3. The molecule has 0 spiro atoms. The highest BCUT2D eigenvalue weighted by Gasteiger charge is 2.04. The van der Waals surface area contributed by atoms with E-state index in [1.54, 1.807) is 19.1 Å². The molecule has 1 nitrogen and oxygen atoms in total. The number of aryl methyl sites for hydroxylation is 1. The summed E-state index contributed by atoms with van der Waals surface area (Å²) in [7, 11) is 0. The molecule has 4 heteroatoms. The second kappa shape index (κ2) is 5.72. The Balaban J connectivity index is 2.23. The summed E-state index contributed by atoms with van der Waals surface area (Å²) in [6.45, 7) is 1.70. The van der Waals surface area contributed by atoms with Gasteiger partial charge in [-0.05, 0) is 48.4 Å². The average Bonchev–Trinajstić information content (AvgIpc) is 2.34. The first-order valence-electron chi connectivity index (χ1n) is 5.38. The lowest BCUT2D eigenvalue weighted by atomic mass is 10.2. The largest absolute Gasteiger partial charge is 0.457 e. The minimum atomic E-state index is -0.235. The van der Waals surface area contributed by atoms with E-state index in [0.29, 0.717) is 22.9 Å². The van der Waals surface area contributed by atoms with E-state index in [1.165, 1.54) is 6.07 Å². The molecule has 0 fully saturated rings. The van der Waals surface area contributed by atoms with E-state index in [0.717, 1.165) is 10.0 Å². The number of ether oxygens (including phenoxy) is 1. The molecule has 0 amide bonds. The van der Waals surface area contributed by atoms with E-state index < -0.39 is 0 Å². The Labute approximate surface area is 119 Å². The summed E-state index contributed by atoms with van der Waals surface area (Å²) in [6, 6.07) is 10.2. The second-order valence-electron chi connectivity index (χ2n) is 3.90. The zero-order chi connectivity index (χ0) is 13.1. The lowest BCUT2D eigenvalue weighted by Crippen LogP contribution is -1.89. The molecule has 0 N–H and O–H groups in total. The molecule has 0 heterocycles. The molecule has 18 heavy (non-hydrogen) atoms. The first-order valence-corrected chi connectivity index (χ1v) is 6.71. The molecular formula is C14H11BrClFO. The van der Waals surface area contributed by atoms with E-state index in [2.05, 4.69) is 15.9 Å². The third-order valence-corrected chi connectivity index (χ3v) is 3.56. The van der Waals surface area contributed by atoms with Crippen LogP contribution in [0.1, 0.15) is 11.1 Å². The molecular weight excluding hydrogens is 319 g/mol. The molecule has 0 bridgehead atoms. The fourth-order valence-corrected chi connectivity index (χ4v) is 2.41. The Hall–Kier alpha value is -1.06. The predicted molar refractivity (Wildman–Crippen MR) is 74.9 cm³/mol. The Kier molecular flexibility index (Phi) is 4.25. The summed E-state index contributed by atoms with van der Waals surface area (Å²) in [5, 5.41) is 0. The molecule has 0 aromatic heterocycles. The number of hydrogen-bond acceptors (Lipinski definition) is 1. The number of hydrogen-bond donors (Lipinski definition) is 0. The summed E-state index contributed by atoms with van der Waals surface area (Å²) >= 11 is 9.19. The molecule has 0 radical (unpaired) electrons. The van der Waals surface area contributed by atoms with E-state index in [-0.39, 0.29) is 5.82 Å². The lowest BCUT2D eigenvalue weighted by Gasteiger charge is -2.08. The normalized spacial score (nSPS) is 10.4. The first-order chi connectivity index (χ1) is 8.60. The molecule has 2 rings (SSSR count). The van der Waals surface area contributed by atoms with Crippen LogP contribution in [-0.2, 0) is 5.88 Å². The van der Waals surface area contributed by atoms with Gasteiger partial charge in [-0.3, -0.25) is 0 Å². The summed E-state index contributed by atoms with van der Waals surface area (Å²) in [5.41, 5.74) is 1.56. The maximum absolute atomic E-state index is 13.1. The van der Waals surface area contributed by atoms with Crippen LogP contribution in [0.3, 0.4) is 0 Å². The molecule has 0 aliphatic rings. The van der Waals surface area contributed by atoms with Crippen molar-refractivity contribution < 1.29 is 9.13 Å². The van der Waals surface area contributed by atoms with Crippen LogP contribution in [0.5, 0.6) is 11.5 Å². The molecule has 0 saturated carbocycles. The van der Waals surface area contributed by atoms with Crippen molar-refractivity contribution >= 4 is 27.5 Å². The van der Waals surface area contributed by atoms with Crippen molar-refractivity contribution in [2.45, 2.75) is 12.8 Å². The van der Waals surface area contributed by atoms with Gasteiger partial charge in [0.15, 0.2) is 0 Å². The van der Waals surface area contributed by atoms with Crippen LogP contribution in [0.4, 0.5) is 4.39 Å². The minimum absolute atomic E-state index is 0.235. The van der Waals surface area contributed by atoms with E-state index in [4.69, 9.17) is 16.3 Å². The maximum atomic E-state index is 13.1. The second-order valence-corrected chi connectivity index (χ2v) is 5.02. The quantitative estimate of drug-likeness (QED) is 0.682. The van der Waals surface area contributed by atoms with Gasteiger partial charge >= 0.3 is 0 Å². The maximum Gasteiger partial charge on any atom is 0.128 e. The van der Waals surface area contributed by atoms with Crippen LogP contribution in [0.15, 0.2) is 40.9 Å². The standard InChI is InChI=1S/C14H11BrClFO/c1-9-6-11(4-5-14(9)17)18-12-3-2-10(8-16)13(15)7-12/h2-7H,8H2,1H3. The molecule has 0 saturated heterocycles. The van der Waals surface area contributed by atoms with Crippen LogP contribution in [0, 0.1) is 12.7 Å². The van der Waals surface area contributed by atoms with Crippen molar-refractivity contribution in [3.8, 4) is 11.5 Å². The highest BCUT2D eigenvalue weighted by atomic mass is 79.9. The van der Waals surface area contributed by atoms with Gasteiger partial charge in [0, 0.05) is 10.4 Å². The lowest BCUT2D eigenvalue weighted by molar-refractivity contribution is 0.479. The monoisotopic (exact) mass is 328 g/mol. The first kappa shape index (κ1) is 13.4. The molecule has 94 valence electrons. The van der Waals surface area contributed by atoms with Crippen molar-refractivity contribution in [3.05, 3.63) is 57.8 Å². The number of halogens is 3. The van der Waals surface area contributed by atoms with Crippen LogP contribution in [-0.4, -0.2) is 0 Å². The highest BCUT2D eigenvalue weighted by Crippen LogP contribution is 2.28. The molecule has 0 aliphatic heterocycles. The number of benzene rings is 2. The van der Waals surface area contributed by atoms with E-state index >= 15 is 0 Å². The van der Waals surface area contributed by atoms with Crippen molar-refractivity contribution in [2.75, 3.05) is 0 Å². The SMILES string of the molecule is Cc1cc(Oc2ccc(CCl)c(Br)c2)ccc1F. The fourth-order valence-electron chi connectivity index (χ4n) is 1.52. The minimum Gasteiger partial charge on any atom is -0.457 e. The Morgan fingerprint density at radius 3 is 2.44 bits per heavy atom. The third-order valence-electron chi connectivity index (χ3n) is 2.53. The Bertz CT molecular complexity index is 572. The van der Waals surface area contributed by atoms with Crippen molar-refractivity contribution in [2.24, 2.45) is 0 Å². The molecule has 2 aromatic carbocycles. The van der Waals surface area contributed by atoms with E-state index in [1.807, 2.05) is 18.2 Å². The van der Waals surface area contributed by atoms with Gasteiger partial charge in [-0.1, -0.05) is 22.0 Å². The van der Waals surface area contributed by atoms with Gasteiger partial charge in [-0.15, -0.1) is 11.6 Å². The Morgan fingerprint density at radius 1 is 1.17 bits per heavy atom. The summed E-state index contributed by atoms with van der Waals surface area (Å²) in [4.78, 5) is 0. The Morgan fingerprint density at radius 2 is 1.83 bits per heavy atom. The van der Waals surface area contributed by atoms with Crippen LogP contribution in [0.25, 0.3) is 0 Å². The third kappa shape index (κ3) is 3.03. The van der Waals surface area contributed by atoms with Gasteiger partial charge in [-0.2, -0.15) is 0 Å². The van der Waals surface area contributed by atoms with Gasteiger partial charge in [0.05, 0.1) is 0 Å². The molecule has 0 aliphatic carbocycles. The topological polar surface area (TPSA) is 9.23 Å². The van der Waals surface area contributed by atoms with Crippen molar-refractivity contribution in [1.82, 2.24) is 0 Å². The molecule has 0 unspecified atom stereocenters. The molecule has 2 aromatic rings. The predicted octanol–water partition coefficient (Wildman–Crippen LogP) is 5.43. The summed E-state index contributed by atoms with van der Waals surface area (Å²) in [5.74, 6) is 1.50. The van der Waals surface area contributed by atoms with Gasteiger partial charge in [0.25, 0.3) is 0 Å². The smallest absolute Gasteiger partial charge is 0.128 e. The zero-order valence-electron chi connectivity index (χ0n) is 9.71. The van der Waals surface area contributed by atoms with Crippen LogP contribution in [0.2, 0.25) is 0 Å². The van der Waals surface area contributed by atoms with Gasteiger partial charge < -0.3 is 4.74 Å². The van der Waals surface area contributed by atoms with Gasteiger partial charge in [0.2, 0.25) is 0 Å². The van der Waals surface area contributed by atoms with Crippen LogP contribution < -0.4 is 4.74 Å². The zero-order valence-corrected chi connectivity index (χ0v) is 12.1. The summed E-state index contributed by atoms with van der Waals surface area (Å²) < 4.78 is 19.7. The van der Waals surface area contributed by atoms with Gasteiger partial charge in [-0.25, -0.2) is 4.39 Å². The van der Waals surface area contributed by atoms with E-state index in [9.17, 15) is 4.39 Å². The molecule has 0 atom stereocenters. The van der Waals surface area contributed by atoms with Crippen molar-refractivity contribution in [3.63, 3.8) is 0 Å². The average molecular weight is 330 g/mol. The van der Waals surface area contributed by atoms with Gasteiger partial charge in [0.1, 0.15) is 17.3 Å². The van der Waals surface area contributed by atoms with Crippen LogP contribution >= 0.6 is 27.5 Å². The highest BCUT2D eigenvalue weighted by molar-refractivity contribution is 9.10. The number of alkyl halides is 1. The fraction of sp³-hybridized carbons (Fsp3) is 0.143.